The van der Waals surface area contributed by atoms with Gasteiger partial charge in [0.25, 0.3) is 5.91 Å². The molecule has 2 unspecified atom stereocenters. The van der Waals surface area contributed by atoms with Crippen LogP contribution in [-0.2, 0) is 19.7 Å². The molecule has 4 heterocycles. The van der Waals surface area contributed by atoms with Crippen LogP contribution in [0.15, 0.2) is 42.6 Å². The zero-order valence-electron chi connectivity index (χ0n) is 20.7. The summed E-state index contributed by atoms with van der Waals surface area (Å²) in [7, 11) is 1.64. The average Bonchev–Trinajstić information content (AvgIpc) is 3.43. The number of aromatic nitrogens is 3. The number of para-hydroxylation sites is 1. The molecule has 1 saturated heterocycles. The molecule has 1 N–H and O–H groups in total. The second-order valence-electron chi connectivity index (χ2n) is 9.99. The third-order valence-corrected chi connectivity index (χ3v) is 7.60. The molecule has 3 aliphatic heterocycles. The van der Waals surface area contributed by atoms with Crippen LogP contribution in [-0.4, -0.2) is 58.6 Å². The molecule has 1 saturated carbocycles. The Labute approximate surface area is 214 Å². The number of halogens is 1. The van der Waals surface area contributed by atoms with Gasteiger partial charge in [0.2, 0.25) is 0 Å². The summed E-state index contributed by atoms with van der Waals surface area (Å²) in [6.45, 7) is 3.34. The number of nitrogens with zero attached hydrogens (tertiary/aromatic N) is 4. The van der Waals surface area contributed by atoms with Crippen molar-refractivity contribution in [2.75, 3.05) is 26.8 Å². The van der Waals surface area contributed by atoms with E-state index in [-0.39, 0.29) is 30.7 Å². The van der Waals surface area contributed by atoms with Gasteiger partial charge >= 0.3 is 0 Å². The Bertz CT molecular complexity index is 1280. The number of hydrogen-bond acceptors (Lipinski definition) is 7. The van der Waals surface area contributed by atoms with Gasteiger partial charge in [-0.3, -0.25) is 9.69 Å². The van der Waals surface area contributed by atoms with Gasteiger partial charge in [0, 0.05) is 31.2 Å². The number of benzene rings is 2. The van der Waals surface area contributed by atoms with Gasteiger partial charge < -0.3 is 19.5 Å². The highest BCUT2D eigenvalue weighted by molar-refractivity contribution is 5.97. The normalized spacial score (nSPS) is 25.4. The van der Waals surface area contributed by atoms with Gasteiger partial charge in [-0.25, -0.2) is 9.07 Å². The summed E-state index contributed by atoms with van der Waals surface area (Å²) < 4.78 is 33.5. The number of ether oxygens (including phenoxy) is 3. The third-order valence-electron chi connectivity index (χ3n) is 7.60. The number of rotatable bonds is 1. The standard InChI is InChI=1S/C27H30FN5O4/c1-35-24-4-2-3-19-14-32-12-17-5-6-18(13-32)25(17)29-27(34)22-11-20(28)7-8-23(22)36-10-9-33-15-21(30-31-33)16-37-26(19)24/h2-4,7-8,11,15,17-18,25H,5-6,9-10,12-14,16H2,1H3,(H,29,34)/t17-,18+,25?. The molecule has 37 heavy (non-hydrogen) atoms. The van der Waals surface area contributed by atoms with Crippen molar-refractivity contribution in [2.24, 2.45) is 11.8 Å². The van der Waals surface area contributed by atoms with Gasteiger partial charge in [-0.05, 0) is 48.9 Å². The lowest BCUT2D eigenvalue weighted by molar-refractivity contribution is 0.0818. The van der Waals surface area contributed by atoms with Crippen molar-refractivity contribution < 1.29 is 23.4 Å². The van der Waals surface area contributed by atoms with Crippen molar-refractivity contribution in [1.29, 1.82) is 0 Å². The smallest absolute Gasteiger partial charge is 0.255 e. The highest BCUT2D eigenvalue weighted by atomic mass is 19.1. The molecular formula is C27H30FN5O4. The quantitative estimate of drug-likeness (QED) is 0.542. The van der Waals surface area contributed by atoms with Crippen molar-refractivity contribution in [3.05, 3.63) is 65.2 Å². The fourth-order valence-corrected chi connectivity index (χ4v) is 5.88. The van der Waals surface area contributed by atoms with E-state index >= 15 is 0 Å². The fourth-order valence-electron chi connectivity index (χ4n) is 5.88. The molecule has 2 fully saturated rings. The van der Waals surface area contributed by atoms with Gasteiger partial charge in [0.15, 0.2) is 11.5 Å². The first-order chi connectivity index (χ1) is 18.1. The topological polar surface area (TPSA) is 90.7 Å². The van der Waals surface area contributed by atoms with Crippen LogP contribution in [0.5, 0.6) is 17.2 Å². The van der Waals surface area contributed by atoms with Crippen LogP contribution < -0.4 is 19.5 Å². The SMILES string of the molecule is COc1cccc2c1OCc1cn(nn1)CCOc1ccc(F)cc1C(=O)NC1[C@@H]3CC[C@H]1CN(C2)C3. The molecule has 9 nitrogen and oxygen atoms in total. The van der Waals surface area contributed by atoms with E-state index in [1.165, 1.54) is 18.2 Å². The number of hydrogen-bond donors (Lipinski definition) is 1. The predicted octanol–water partition coefficient (Wildman–Crippen LogP) is 3.04. The molecule has 1 amide bonds. The second kappa shape index (κ2) is 10.0. The highest BCUT2D eigenvalue weighted by Gasteiger charge is 2.43. The van der Waals surface area contributed by atoms with Gasteiger partial charge in [0.1, 0.15) is 30.5 Å². The largest absolute Gasteiger partial charge is 0.493 e. The summed E-state index contributed by atoms with van der Waals surface area (Å²) in [6, 6.07) is 10.1. The molecule has 7 rings (SSSR count). The minimum atomic E-state index is -0.469. The Morgan fingerprint density at radius 2 is 1.97 bits per heavy atom. The lowest BCUT2D eigenvalue weighted by Gasteiger charge is -2.38. The zero-order valence-corrected chi connectivity index (χ0v) is 20.7. The van der Waals surface area contributed by atoms with Crippen LogP contribution in [0, 0.1) is 17.7 Å². The van der Waals surface area contributed by atoms with Crippen molar-refractivity contribution in [2.45, 2.75) is 38.6 Å². The van der Waals surface area contributed by atoms with Crippen molar-refractivity contribution in [1.82, 2.24) is 25.2 Å². The monoisotopic (exact) mass is 507 g/mol. The first-order valence-electron chi connectivity index (χ1n) is 12.7. The minimum absolute atomic E-state index is 0.0521. The average molecular weight is 508 g/mol. The number of carbonyl (C=O) groups is 1. The van der Waals surface area contributed by atoms with Crippen molar-refractivity contribution in [3.63, 3.8) is 0 Å². The summed E-state index contributed by atoms with van der Waals surface area (Å²) in [5.74, 6) is 1.63. The van der Waals surface area contributed by atoms with Crippen LogP contribution in [0.25, 0.3) is 0 Å². The molecule has 6 bridgehead atoms. The molecule has 10 heteroatoms. The van der Waals surface area contributed by atoms with Crippen molar-refractivity contribution >= 4 is 5.91 Å². The molecule has 1 aromatic heterocycles. The maximum Gasteiger partial charge on any atom is 0.255 e. The van der Waals surface area contributed by atoms with Crippen LogP contribution in [0.3, 0.4) is 0 Å². The summed E-state index contributed by atoms with van der Waals surface area (Å²) in [6.07, 6.45) is 3.90. The van der Waals surface area contributed by atoms with Crippen molar-refractivity contribution in [3.8, 4) is 17.2 Å². The van der Waals surface area contributed by atoms with E-state index in [1.807, 2.05) is 12.1 Å². The molecule has 0 radical (unpaired) electrons. The van der Waals surface area contributed by atoms with E-state index in [1.54, 1.807) is 18.0 Å². The Balaban J connectivity index is 1.32. The van der Waals surface area contributed by atoms with Crippen LogP contribution >= 0.6 is 0 Å². The van der Waals surface area contributed by atoms with Gasteiger partial charge in [-0.2, -0.15) is 0 Å². The summed E-state index contributed by atoms with van der Waals surface area (Å²) in [5, 5.41) is 11.6. The molecular weight excluding hydrogens is 477 g/mol. The summed E-state index contributed by atoms with van der Waals surface area (Å²) >= 11 is 0. The van der Waals surface area contributed by atoms with E-state index in [0.717, 1.165) is 38.0 Å². The van der Waals surface area contributed by atoms with Gasteiger partial charge in [-0.1, -0.05) is 17.3 Å². The number of nitrogens with one attached hydrogen (secondary N) is 1. The van der Waals surface area contributed by atoms with E-state index in [9.17, 15) is 9.18 Å². The van der Waals surface area contributed by atoms with E-state index in [4.69, 9.17) is 14.2 Å². The maximum atomic E-state index is 14.1. The lowest BCUT2D eigenvalue weighted by atomic mass is 9.91. The van der Waals surface area contributed by atoms with E-state index in [0.29, 0.717) is 41.3 Å². The first kappa shape index (κ1) is 23.7. The van der Waals surface area contributed by atoms with E-state index in [2.05, 4.69) is 26.6 Å². The second-order valence-corrected chi connectivity index (χ2v) is 9.99. The number of piperidine rings is 1. The number of carbonyl (C=O) groups excluding carboxylic acids is 1. The number of fused-ring (bicyclic) bond motifs is 4. The van der Waals surface area contributed by atoms with E-state index < -0.39 is 5.82 Å². The fraction of sp³-hybridized carbons (Fsp3) is 0.444. The summed E-state index contributed by atoms with van der Waals surface area (Å²) in [4.78, 5) is 15.7. The Kier molecular flexibility index (Phi) is 6.42. The lowest BCUT2D eigenvalue weighted by Crippen LogP contribution is -2.52. The molecule has 1 aliphatic carbocycles. The third kappa shape index (κ3) is 4.85. The first-order valence-corrected chi connectivity index (χ1v) is 12.7. The molecule has 2 aromatic carbocycles. The van der Waals surface area contributed by atoms with Gasteiger partial charge in [0.05, 0.1) is 25.4 Å². The molecule has 4 aliphatic rings. The zero-order chi connectivity index (χ0) is 25.4. The minimum Gasteiger partial charge on any atom is -0.493 e. The number of amides is 1. The molecule has 3 aromatic rings. The molecule has 194 valence electrons. The Hall–Kier alpha value is -3.66. The van der Waals surface area contributed by atoms with Gasteiger partial charge in [-0.15, -0.1) is 5.10 Å². The Morgan fingerprint density at radius 3 is 2.78 bits per heavy atom. The predicted molar refractivity (Wildman–Crippen MR) is 132 cm³/mol. The number of methoxy groups -OCH3 is 1. The summed E-state index contributed by atoms with van der Waals surface area (Å²) in [5.41, 5.74) is 1.94. The molecule has 0 spiro atoms. The highest BCUT2D eigenvalue weighted by Crippen LogP contribution is 2.39. The van der Waals surface area contributed by atoms with Crippen LogP contribution in [0.2, 0.25) is 0 Å². The molecule has 4 atom stereocenters. The van der Waals surface area contributed by atoms with Crippen LogP contribution in [0.4, 0.5) is 4.39 Å². The Morgan fingerprint density at radius 1 is 1.14 bits per heavy atom. The van der Waals surface area contributed by atoms with Crippen LogP contribution in [0.1, 0.15) is 34.5 Å². The maximum absolute atomic E-state index is 14.1.